The van der Waals surface area contributed by atoms with E-state index in [-0.39, 0.29) is 0 Å². The summed E-state index contributed by atoms with van der Waals surface area (Å²) >= 11 is 1.93. The highest BCUT2D eigenvalue weighted by molar-refractivity contribution is 7.98. The van der Waals surface area contributed by atoms with Crippen LogP contribution in [0.3, 0.4) is 0 Å². The smallest absolute Gasteiger partial charge is 0.136 e. The van der Waals surface area contributed by atoms with Crippen molar-refractivity contribution in [2.24, 2.45) is 0 Å². The lowest BCUT2D eigenvalue weighted by Crippen LogP contribution is -2.19. The molecule has 0 bridgehead atoms. The molecule has 4 nitrogen and oxygen atoms in total. The van der Waals surface area contributed by atoms with Crippen molar-refractivity contribution in [1.82, 2.24) is 9.97 Å². The third-order valence-corrected chi connectivity index (χ3v) is 4.63. The van der Waals surface area contributed by atoms with Gasteiger partial charge in [-0.2, -0.15) is 11.8 Å². The molecule has 1 atom stereocenters. The number of rotatable bonds is 4. The molecule has 0 aliphatic carbocycles. The number of thioether (sulfide) groups is 1. The molecule has 2 aliphatic heterocycles. The molecule has 2 aliphatic rings. The molecule has 3 heterocycles. The van der Waals surface area contributed by atoms with Crippen molar-refractivity contribution in [3.05, 3.63) is 17.1 Å². The van der Waals surface area contributed by atoms with Crippen molar-refractivity contribution in [3.63, 3.8) is 0 Å². The molecule has 1 unspecified atom stereocenters. The minimum Gasteiger partial charge on any atom is -0.381 e. The molecule has 1 aromatic heterocycles. The molecule has 1 fully saturated rings. The van der Waals surface area contributed by atoms with E-state index in [1.165, 1.54) is 11.3 Å². The predicted molar refractivity (Wildman–Crippen MR) is 78.6 cm³/mol. The van der Waals surface area contributed by atoms with Crippen LogP contribution in [0.5, 0.6) is 0 Å². The summed E-state index contributed by atoms with van der Waals surface area (Å²) in [6.07, 6.45) is 3.39. The first-order valence-electron chi connectivity index (χ1n) is 7.17. The highest BCUT2D eigenvalue weighted by Crippen LogP contribution is 2.34. The van der Waals surface area contributed by atoms with Gasteiger partial charge < -0.3 is 10.1 Å². The molecule has 19 heavy (non-hydrogen) atoms. The van der Waals surface area contributed by atoms with E-state index in [2.05, 4.69) is 12.2 Å². The van der Waals surface area contributed by atoms with E-state index in [1.807, 2.05) is 11.8 Å². The quantitative estimate of drug-likeness (QED) is 0.918. The monoisotopic (exact) mass is 279 g/mol. The fraction of sp³-hybridized carbons (Fsp3) is 0.714. The molecule has 0 saturated carbocycles. The van der Waals surface area contributed by atoms with Gasteiger partial charge in [-0.05, 0) is 19.3 Å². The van der Waals surface area contributed by atoms with Gasteiger partial charge in [0.15, 0.2) is 0 Å². The molecule has 1 saturated heterocycles. The lowest BCUT2D eigenvalue weighted by atomic mass is 10.0. The van der Waals surface area contributed by atoms with Crippen LogP contribution in [0.2, 0.25) is 0 Å². The van der Waals surface area contributed by atoms with Gasteiger partial charge >= 0.3 is 0 Å². The average Bonchev–Trinajstić information content (AvgIpc) is 2.94. The van der Waals surface area contributed by atoms with Gasteiger partial charge in [0, 0.05) is 36.1 Å². The van der Waals surface area contributed by atoms with E-state index in [0.29, 0.717) is 5.92 Å². The molecule has 0 aromatic carbocycles. The third-order valence-electron chi connectivity index (χ3n) is 3.66. The van der Waals surface area contributed by atoms with E-state index < -0.39 is 0 Å². The van der Waals surface area contributed by atoms with Crippen LogP contribution >= 0.6 is 11.8 Å². The Bertz CT molecular complexity index is 447. The first-order chi connectivity index (χ1) is 9.38. The SMILES string of the molecule is CCCNc1nc(C2CCCOC2)nc2c1CSC2. The Morgan fingerprint density at radius 2 is 2.32 bits per heavy atom. The lowest BCUT2D eigenvalue weighted by Gasteiger charge is -2.22. The number of nitrogens with zero attached hydrogens (tertiary/aromatic N) is 2. The zero-order valence-electron chi connectivity index (χ0n) is 11.4. The van der Waals surface area contributed by atoms with Crippen molar-refractivity contribution in [3.8, 4) is 0 Å². The minimum absolute atomic E-state index is 0.381. The predicted octanol–water partition coefficient (Wildman–Crippen LogP) is 2.94. The van der Waals surface area contributed by atoms with E-state index in [0.717, 1.165) is 62.2 Å². The molecule has 0 amide bonds. The summed E-state index contributed by atoms with van der Waals surface area (Å²) in [6.45, 7) is 4.82. The van der Waals surface area contributed by atoms with Crippen LogP contribution in [-0.2, 0) is 16.2 Å². The van der Waals surface area contributed by atoms with Gasteiger partial charge in [-0.1, -0.05) is 6.92 Å². The van der Waals surface area contributed by atoms with Gasteiger partial charge in [-0.15, -0.1) is 0 Å². The fourth-order valence-electron chi connectivity index (χ4n) is 2.59. The number of anilines is 1. The summed E-state index contributed by atoms with van der Waals surface area (Å²) in [5.41, 5.74) is 2.55. The fourth-order valence-corrected chi connectivity index (χ4v) is 3.63. The van der Waals surface area contributed by atoms with E-state index in [9.17, 15) is 0 Å². The molecule has 3 rings (SSSR count). The molecule has 1 N–H and O–H groups in total. The second-order valence-corrected chi connectivity index (χ2v) is 6.17. The number of nitrogens with one attached hydrogen (secondary N) is 1. The Morgan fingerprint density at radius 3 is 3.11 bits per heavy atom. The van der Waals surface area contributed by atoms with Crippen LogP contribution in [0, 0.1) is 0 Å². The Labute approximate surface area is 118 Å². The second kappa shape index (κ2) is 6.09. The van der Waals surface area contributed by atoms with Crippen molar-refractivity contribution in [2.45, 2.75) is 43.6 Å². The van der Waals surface area contributed by atoms with Crippen molar-refractivity contribution in [1.29, 1.82) is 0 Å². The molecular weight excluding hydrogens is 258 g/mol. The first-order valence-corrected chi connectivity index (χ1v) is 8.33. The number of aromatic nitrogens is 2. The van der Waals surface area contributed by atoms with Crippen molar-refractivity contribution in [2.75, 3.05) is 25.1 Å². The van der Waals surface area contributed by atoms with Crippen LogP contribution in [-0.4, -0.2) is 29.7 Å². The summed E-state index contributed by atoms with van der Waals surface area (Å²) in [4.78, 5) is 9.58. The lowest BCUT2D eigenvalue weighted by molar-refractivity contribution is 0.0780. The van der Waals surface area contributed by atoms with Crippen LogP contribution < -0.4 is 5.32 Å². The maximum absolute atomic E-state index is 5.57. The molecule has 5 heteroatoms. The standard InChI is InChI=1S/C14H21N3OS/c1-2-5-15-14-11-8-19-9-12(11)16-13(17-14)10-4-3-6-18-7-10/h10H,2-9H2,1H3,(H,15,16,17). The Kier molecular flexibility index (Phi) is 4.23. The minimum atomic E-state index is 0.381. The zero-order chi connectivity index (χ0) is 13.1. The molecule has 0 radical (unpaired) electrons. The summed E-state index contributed by atoms with van der Waals surface area (Å²) in [7, 11) is 0. The van der Waals surface area contributed by atoms with Gasteiger partial charge in [0.2, 0.25) is 0 Å². The van der Waals surface area contributed by atoms with Crippen LogP contribution in [0.15, 0.2) is 0 Å². The molecule has 104 valence electrons. The number of fused-ring (bicyclic) bond motifs is 1. The number of hydrogen-bond donors (Lipinski definition) is 1. The summed E-state index contributed by atoms with van der Waals surface area (Å²) in [6, 6.07) is 0. The van der Waals surface area contributed by atoms with Crippen molar-refractivity contribution >= 4 is 17.6 Å². The number of ether oxygens (including phenoxy) is 1. The first kappa shape index (κ1) is 13.2. The Hall–Kier alpha value is -0.810. The normalized spacial score (nSPS) is 22.3. The Balaban J connectivity index is 1.87. The van der Waals surface area contributed by atoms with Crippen molar-refractivity contribution < 1.29 is 4.74 Å². The molecular formula is C14H21N3OS. The van der Waals surface area contributed by atoms with E-state index in [1.54, 1.807) is 0 Å². The highest BCUT2D eigenvalue weighted by atomic mass is 32.2. The average molecular weight is 279 g/mol. The van der Waals surface area contributed by atoms with Crippen LogP contribution in [0.1, 0.15) is 49.2 Å². The van der Waals surface area contributed by atoms with Gasteiger partial charge in [0.1, 0.15) is 11.6 Å². The van der Waals surface area contributed by atoms with Crippen LogP contribution in [0.4, 0.5) is 5.82 Å². The maximum atomic E-state index is 5.57. The summed E-state index contributed by atoms with van der Waals surface area (Å²) in [5, 5.41) is 3.47. The van der Waals surface area contributed by atoms with Crippen LogP contribution in [0.25, 0.3) is 0 Å². The highest BCUT2D eigenvalue weighted by Gasteiger charge is 2.24. The largest absolute Gasteiger partial charge is 0.381 e. The summed E-state index contributed by atoms with van der Waals surface area (Å²) < 4.78 is 5.57. The maximum Gasteiger partial charge on any atom is 0.136 e. The molecule has 0 spiro atoms. The van der Waals surface area contributed by atoms with Gasteiger partial charge in [0.25, 0.3) is 0 Å². The summed E-state index contributed by atoms with van der Waals surface area (Å²) in [5.74, 6) is 4.51. The van der Waals surface area contributed by atoms with Gasteiger partial charge in [-0.25, -0.2) is 9.97 Å². The van der Waals surface area contributed by atoms with E-state index >= 15 is 0 Å². The second-order valence-electron chi connectivity index (χ2n) is 5.19. The van der Waals surface area contributed by atoms with E-state index in [4.69, 9.17) is 14.7 Å². The van der Waals surface area contributed by atoms with Gasteiger partial charge in [0.05, 0.1) is 12.3 Å². The third kappa shape index (κ3) is 2.87. The van der Waals surface area contributed by atoms with Gasteiger partial charge in [-0.3, -0.25) is 0 Å². The molecule has 1 aromatic rings. The Morgan fingerprint density at radius 1 is 1.37 bits per heavy atom. The zero-order valence-corrected chi connectivity index (χ0v) is 12.3. The number of hydrogen-bond acceptors (Lipinski definition) is 5. The topological polar surface area (TPSA) is 47.0 Å².